The van der Waals surface area contributed by atoms with Gasteiger partial charge in [-0.3, -0.25) is 0 Å². The van der Waals surface area contributed by atoms with Crippen LogP contribution in [0.25, 0.3) is 0 Å². The molecule has 1 aromatic carbocycles. The molecule has 0 bridgehead atoms. The second-order valence-corrected chi connectivity index (χ2v) is 4.03. The van der Waals surface area contributed by atoms with Crippen LogP contribution in [0.1, 0.15) is 12.5 Å². The maximum absolute atomic E-state index is 12.6. The van der Waals surface area contributed by atoms with E-state index in [1.165, 1.54) is 21.1 Å². The van der Waals surface area contributed by atoms with Crippen LogP contribution in [0.4, 0.5) is 8.78 Å². The molecule has 116 valence electrons. The van der Waals surface area contributed by atoms with Gasteiger partial charge in [-0.2, -0.15) is 0 Å². The predicted molar refractivity (Wildman–Crippen MR) is 75.6 cm³/mol. The molecule has 0 aliphatic rings. The van der Waals surface area contributed by atoms with Gasteiger partial charge in [0, 0.05) is 0 Å². The Labute approximate surface area is 123 Å². The number of ether oxygens (including phenoxy) is 3. The highest BCUT2D eigenvalue weighted by Gasteiger charge is 2.22. The van der Waals surface area contributed by atoms with Crippen molar-refractivity contribution in [2.75, 3.05) is 20.8 Å². The molecule has 7 heteroatoms. The lowest BCUT2D eigenvalue weighted by Gasteiger charge is -2.19. The van der Waals surface area contributed by atoms with Crippen LogP contribution < -0.4 is 19.9 Å². The third-order valence-electron chi connectivity index (χ3n) is 2.61. The average molecular weight is 312 g/mol. The third kappa shape index (κ3) is 4.68. The number of hydrogen-bond acceptors (Lipinski definition) is 4. The van der Waals surface area contributed by atoms with E-state index in [2.05, 4.69) is 0 Å². The van der Waals surface area contributed by atoms with Crippen molar-refractivity contribution in [2.45, 2.75) is 25.9 Å². The lowest BCUT2D eigenvalue weighted by atomic mass is 10.1. The number of benzene rings is 1. The first-order chi connectivity index (χ1) is 9.03. The number of nitrogens with two attached hydrogens (primary N) is 1. The molecule has 0 fully saturated rings. The zero-order valence-corrected chi connectivity index (χ0v) is 12.5. The van der Waals surface area contributed by atoms with Gasteiger partial charge in [-0.15, -0.1) is 12.4 Å². The normalized spacial score (nSPS) is 11.8. The monoisotopic (exact) mass is 311 g/mol. The summed E-state index contributed by atoms with van der Waals surface area (Å²) in [5, 5.41) is 0. The molecule has 0 spiro atoms. The van der Waals surface area contributed by atoms with Crippen LogP contribution in [0.3, 0.4) is 0 Å². The van der Waals surface area contributed by atoms with Crippen molar-refractivity contribution in [3.63, 3.8) is 0 Å². The first-order valence-corrected chi connectivity index (χ1v) is 5.93. The van der Waals surface area contributed by atoms with E-state index < -0.39 is 12.5 Å². The number of halogens is 3. The van der Waals surface area contributed by atoms with Crippen LogP contribution >= 0.6 is 12.4 Å². The molecule has 4 nitrogen and oxygen atoms in total. The highest BCUT2D eigenvalue weighted by molar-refractivity contribution is 5.85. The minimum atomic E-state index is -2.59. The molecule has 2 N–H and O–H groups in total. The smallest absolute Gasteiger partial charge is 0.274 e. The molecule has 0 aliphatic heterocycles. The Kier molecular flexibility index (Phi) is 8.25. The first kappa shape index (κ1) is 18.7. The van der Waals surface area contributed by atoms with E-state index in [0.717, 1.165) is 5.56 Å². The van der Waals surface area contributed by atoms with Crippen LogP contribution in [-0.4, -0.2) is 33.3 Å². The van der Waals surface area contributed by atoms with Gasteiger partial charge in [0.05, 0.1) is 14.2 Å². The maximum atomic E-state index is 12.6. The van der Waals surface area contributed by atoms with Crippen LogP contribution in [0.15, 0.2) is 12.1 Å². The summed E-state index contributed by atoms with van der Waals surface area (Å²) in [4.78, 5) is 0. The Hall–Kier alpha value is -1.27. The Morgan fingerprint density at radius 2 is 1.65 bits per heavy atom. The summed E-state index contributed by atoms with van der Waals surface area (Å²) < 4.78 is 40.7. The second kappa shape index (κ2) is 8.81. The van der Waals surface area contributed by atoms with Gasteiger partial charge in [-0.1, -0.05) is 0 Å². The Morgan fingerprint density at radius 1 is 1.15 bits per heavy atom. The molecule has 0 aromatic heterocycles. The fourth-order valence-corrected chi connectivity index (χ4v) is 1.60. The van der Waals surface area contributed by atoms with E-state index in [-0.39, 0.29) is 18.2 Å². The predicted octanol–water partition coefficient (Wildman–Crippen LogP) is 2.66. The highest BCUT2D eigenvalue weighted by Crippen LogP contribution is 2.39. The maximum Gasteiger partial charge on any atom is 0.274 e. The number of methoxy groups -OCH3 is 2. The molecule has 1 rings (SSSR count). The summed E-state index contributed by atoms with van der Waals surface area (Å²) in [6.07, 6.45) is -3.20. The topological polar surface area (TPSA) is 53.7 Å². The van der Waals surface area contributed by atoms with Gasteiger partial charge in [0.1, 0.15) is 0 Å². The van der Waals surface area contributed by atoms with Gasteiger partial charge in [0.25, 0.3) is 6.43 Å². The van der Waals surface area contributed by atoms with Crippen molar-refractivity contribution < 1.29 is 23.0 Å². The van der Waals surface area contributed by atoms with Gasteiger partial charge in [-0.05, 0) is 37.6 Å². The van der Waals surface area contributed by atoms with Crippen LogP contribution in [0, 0.1) is 0 Å². The summed E-state index contributed by atoms with van der Waals surface area (Å²) in [5.74, 6) is 0.893. The van der Waals surface area contributed by atoms with Gasteiger partial charge in [-0.25, -0.2) is 8.78 Å². The molecule has 0 aliphatic carbocycles. The molecule has 0 radical (unpaired) electrons. The summed E-state index contributed by atoms with van der Waals surface area (Å²) in [6, 6.07) is 3.42. The first-order valence-electron chi connectivity index (χ1n) is 5.93. The van der Waals surface area contributed by atoms with Crippen LogP contribution in [0.5, 0.6) is 17.2 Å². The second-order valence-electron chi connectivity index (χ2n) is 4.03. The average Bonchev–Trinajstić information content (AvgIpc) is 2.39. The van der Waals surface area contributed by atoms with Crippen molar-refractivity contribution in [1.82, 2.24) is 0 Å². The van der Waals surface area contributed by atoms with Crippen molar-refractivity contribution in [3.05, 3.63) is 17.7 Å². The van der Waals surface area contributed by atoms with Crippen molar-refractivity contribution >= 4 is 12.4 Å². The summed E-state index contributed by atoms with van der Waals surface area (Å²) in [6.45, 7) is 1.76. The van der Waals surface area contributed by atoms with E-state index in [1.54, 1.807) is 12.1 Å². The van der Waals surface area contributed by atoms with Gasteiger partial charge in [0.2, 0.25) is 5.75 Å². The zero-order chi connectivity index (χ0) is 14.4. The number of alkyl halides is 2. The Morgan fingerprint density at radius 3 is 2.00 bits per heavy atom. The molecule has 0 heterocycles. The van der Waals surface area contributed by atoms with Crippen molar-refractivity contribution in [3.8, 4) is 17.2 Å². The third-order valence-corrected chi connectivity index (χ3v) is 2.61. The molecular weight excluding hydrogens is 292 g/mol. The van der Waals surface area contributed by atoms with Crippen molar-refractivity contribution in [1.29, 1.82) is 0 Å². The minimum Gasteiger partial charge on any atom is -0.493 e. The Bertz CT molecular complexity index is 394. The quantitative estimate of drug-likeness (QED) is 0.841. The molecule has 1 aromatic rings. The van der Waals surface area contributed by atoms with E-state index in [4.69, 9.17) is 19.9 Å². The van der Waals surface area contributed by atoms with Crippen LogP contribution in [-0.2, 0) is 6.42 Å². The molecule has 0 saturated carbocycles. The summed E-state index contributed by atoms with van der Waals surface area (Å²) >= 11 is 0. The fourth-order valence-electron chi connectivity index (χ4n) is 1.60. The SMILES string of the molecule is COc1cc(CCN)cc(OC)c1OC(C)C(F)F.Cl. The summed E-state index contributed by atoms with van der Waals surface area (Å²) in [7, 11) is 2.89. The van der Waals surface area contributed by atoms with Gasteiger partial charge >= 0.3 is 0 Å². The largest absolute Gasteiger partial charge is 0.493 e. The Balaban J connectivity index is 0.00000361. The molecular formula is C13H20ClF2NO3. The summed E-state index contributed by atoms with van der Waals surface area (Å²) in [5.41, 5.74) is 6.39. The number of rotatable bonds is 7. The zero-order valence-electron chi connectivity index (χ0n) is 11.7. The lowest BCUT2D eigenvalue weighted by Crippen LogP contribution is -2.21. The van der Waals surface area contributed by atoms with Crippen LogP contribution in [0.2, 0.25) is 0 Å². The van der Waals surface area contributed by atoms with E-state index in [0.29, 0.717) is 24.5 Å². The van der Waals surface area contributed by atoms with Gasteiger partial charge < -0.3 is 19.9 Å². The molecule has 20 heavy (non-hydrogen) atoms. The lowest BCUT2D eigenvalue weighted by molar-refractivity contribution is 0.0199. The molecule has 0 amide bonds. The number of hydrogen-bond donors (Lipinski definition) is 1. The molecule has 1 atom stereocenters. The van der Waals surface area contributed by atoms with Gasteiger partial charge in [0.15, 0.2) is 17.6 Å². The van der Waals surface area contributed by atoms with E-state index >= 15 is 0 Å². The van der Waals surface area contributed by atoms with Crippen molar-refractivity contribution in [2.24, 2.45) is 5.73 Å². The molecule has 1 unspecified atom stereocenters. The molecule has 0 saturated heterocycles. The minimum absolute atomic E-state index is 0. The van der Waals surface area contributed by atoms with E-state index in [9.17, 15) is 8.78 Å². The highest BCUT2D eigenvalue weighted by atomic mass is 35.5. The standard InChI is InChI=1S/C13H19F2NO3.ClH/c1-8(13(14)15)19-12-10(17-2)6-9(4-5-16)7-11(12)18-3;/h6-8,13H,4-5,16H2,1-3H3;1H. The fraction of sp³-hybridized carbons (Fsp3) is 0.538. The van der Waals surface area contributed by atoms with E-state index in [1.807, 2.05) is 0 Å².